The van der Waals surface area contributed by atoms with Crippen molar-refractivity contribution in [2.24, 2.45) is 0 Å². The van der Waals surface area contributed by atoms with E-state index in [0.717, 1.165) is 5.56 Å². The Hall–Kier alpha value is -2.76. The maximum Gasteiger partial charge on any atom is 0.268 e. The van der Waals surface area contributed by atoms with Gasteiger partial charge in [0, 0.05) is 23.4 Å². The second kappa shape index (κ2) is 7.00. The summed E-state index contributed by atoms with van der Waals surface area (Å²) in [6, 6.07) is 6.68. The maximum absolute atomic E-state index is 12.3. The first-order valence-electron chi connectivity index (χ1n) is 7.18. The van der Waals surface area contributed by atoms with Gasteiger partial charge < -0.3 is 19.8 Å². The Bertz CT molecular complexity index is 721. The molecule has 0 saturated carbocycles. The first-order chi connectivity index (χ1) is 11.0. The molecule has 0 saturated heterocycles. The van der Waals surface area contributed by atoms with E-state index in [2.05, 4.69) is 10.3 Å². The van der Waals surface area contributed by atoms with Crippen LogP contribution >= 0.6 is 0 Å². The van der Waals surface area contributed by atoms with Crippen molar-refractivity contribution in [3.05, 3.63) is 47.3 Å². The molecule has 0 bridgehead atoms. The first kappa shape index (κ1) is 16.6. The highest BCUT2D eigenvalue weighted by molar-refractivity contribution is 5.99. The highest BCUT2D eigenvalue weighted by atomic mass is 16.5. The SMILES string of the molecule is COc1ccc(C(C)NC(=O)c2cc(C(C)=O)c[nH]2)c(OC)c1. The summed E-state index contributed by atoms with van der Waals surface area (Å²) in [7, 11) is 3.15. The largest absolute Gasteiger partial charge is 0.497 e. The van der Waals surface area contributed by atoms with Gasteiger partial charge in [-0.05, 0) is 32.0 Å². The second-order valence-corrected chi connectivity index (χ2v) is 5.16. The summed E-state index contributed by atoms with van der Waals surface area (Å²) in [5, 5.41) is 2.87. The average Bonchev–Trinajstić information content (AvgIpc) is 3.04. The van der Waals surface area contributed by atoms with Crippen LogP contribution in [0.15, 0.2) is 30.5 Å². The molecule has 0 aliphatic heterocycles. The molecule has 122 valence electrons. The van der Waals surface area contributed by atoms with E-state index in [-0.39, 0.29) is 17.7 Å². The monoisotopic (exact) mass is 316 g/mol. The molecule has 23 heavy (non-hydrogen) atoms. The summed E-state index contributed by atoms with van der Waals surface area (Å²) in [6.07, 6.45) is 1.52. The predicted molar refractivity (Wildman–Crippen MR) is 86.2 cm³/mol. The number of ether oxygens (including phenoxy) is 2. The van der Waals surface area contributed by atoms with Crippen molar-refractivity contribution in [3.63, 3.8) is 0 Å². The molecule has 2 aromatic rings. The summed E-state index contributed by atoms with van der Waals surface area (Å²) >= 11 is 0. The number of hydrogen-bond acceptors (Lipinski definition) is 4. The minimum Gasteiger partial charge on any atom is -0.497 e. The van der Waals surface area contributed by atoms with Crippen molar-refractivity contribution in [2.45, 2.75) is 19.9 Å². The Morgan fingerprint density at radius 1 is 1.17 bits per heavy atom. The summed E-state index contributed by atoms with van der Waals surface area (Å²) in [5.74, 6) is 0.931. The Morgan fingerprint density at radius 2 is 1.91 bits per heavy atom. The number of nitrogens with one attached hydrogen (secondary N) is 2. The van der Waals surface area contributed by atoms with Gasteiger partial charge in [-0.15, -0.1) is 0 Å². The molecule has 6 nitrogen and oxygen atoms in total. The van der Waals surface area contributed by atoms with Gasteiger partial charge in [0.25, 0.3) is 5.91 Å². The van der Waals surface area contributed by atoms with Crippen molar-refractivity contribution >= 4 is 11.7 Å². The van der Waals surface area contributed by atoms with Crippen LogP contribution < -0.4 is 14.8 Å². The van der Waals surface area contributed by atoms with Gasteiger partial charge in [-0.25, -0.2) is 0 Å². The molecule has 1 heterocycles. The van der Waals surface area contributed by atoms with E-state index in [1.807, 2.05) is 19.1 Å². The zero-order valence-corrected chi connectivity index (χ0v) is 13.6. The van der Waals surface area contributed by atoms with Crippen LogP contribution in [0.5, 0.6) is 11.5 Å². The standard InChI is InChI=1S/C17H20N2O4/c1-10(14-6-5-13(22-3)8-16(14)23-4)19-17(21)15-7-12(9-18-15)11(2)20/h5-10,18H,1-4H3,(H,19,21). The fourth-order valence-electron chi connectivity index (χ4n) is 2.26. The molecule has 1 unspecified atom stereocenters. The molecular weight excluding hydrogens is 296 g/mol. The van der Waals surface area contributed by atoms with Crippen molar-refractivity contribution in [1.29, 1.82) is 0 Å². The minimum absolute atomic E-state index is 0.0924. The molecule has 2 N–H and O–H groups in total. The van der Waals surface area contributed by atoms with Gasteiger partial charge in [-0.3, -0.25) is 9.59 Å². The number of rotatable bonds is 6. The van der Waals surface area contributed by atoms with Gasteiger partial charge in [0.1, 0.15) is 17.2 Å². The minimum atomic E-state index is -0.289. The van der Waals surface area contributed by atoms with Crippen LogP contribution in [-0.4, -0.2) is 30.9 Å². The summed E-state index contributed by atoms with van der Waals surface area (Å²) in [5.41, 5.74) is 1.65. The third-order valence-electron chi connectivity index (χ3n) is 3.59. The van der Waals surface area contributed by atoms with Crippen LogP contribution in [0.4, 0.5) is 0 Å². The number of H-pyrrole nitrogens is 1. The van der Waals surface area contributed by atoms with Crippen LogP contribution in [0.25, 0.3) is 0 Å². The van der Waals surface area contributed by atoms with Crippen LogP contribution in [0.3, 0.4) is 0 Å². The van der Waals surface area contributed by atoms with Crippen LogP contribution in [0, 0.1) is 0 Å². The molecule has 2 rings (SSSR count). The predicted octanol–water partition coefficient (Wildman–Crippen LogP) is 2.73. The van der Waals surface area contributed by atoms with Crippen molar-refractivity contribution in [2.75, 3.05) is 14.2 Å². The maximum atomic E-state index is 12.3. The lowest BCUT2D eigenvalue weighted by Crippen LogP contribution is -2.27. The molecule has 1 aromatic carbocycles. The molecule has 6 heteroatoms. The van der Waals surface area contributed by atoms with E-state index in [4.69, 9.17) is 9.47 Å². The molecule has 1 aromatic heterocycles. The van der Waals surface area contributed by atoms with E-state index < -0.39 is 0 Å². The van der Waals surface area contributed by atoms with Gasteiger partial charge >= 0.3 is 0 Å². The van der Waals surface area contributed by atoms with E-state index in [1.165, 1.54) is 19.2 Å². The Morgan fingerprint density at radius 3 is 2.48 bits per heavy atom. The topological polar surface area (TPSA) is 80.4 Å². The molecule has 0 spiro atoms. The van der Waals surface area contributed by atoms with E-state index in [0.29, 0.717) is 22.8 Å². The number of carbonyl (C=O) groups excluding carboxylic acids is 2. The number of Topliss-reactive ketones (excluding diaryl/α,β-unsaturated/α-hetero) is 1. The number of carbonyl (C=O) groups is 2. The number of hydrogen-bond donors (Lipinski definition) is 2. The summed E-state index contributed by atoms with van der Waals surface area (Å²) in [4.78, 5) is 26.4. The highest BCUT2D eigenvalue weighted by Gasteiger charge is 2.17. The Kier molecular flexibility index (Phi) is 5.05. The van der Waals surface area contributed by atoms with Gasteiger partial charge in [0.15, 0.2) is 5.78 Å². The van der Waals surface area contributed by atoms with Crippen molar-refractivity contribution in [1.82, 2.24) is 10.3 Å². The highest BCUT2D eigenvalue weighted by Crippen LogP contribution is 2.29. The lowest BCUT2D eigenvalue weighted by Gasteiger charge is -2.17. The summed E-state index contributed by atoms with van der Waals surface area (Å²) in [6.45, 7) is 3.31. The lowest BCUT2D eigenvalue weighted by molar-refractivity contribution is 0.0935. The zero-order valence-electron chi connectivity index (χ0n) is 13.6. The Balaban J connectivity index is 2.16. The van der Waals surface area contributed by atoms with Gasteiger partial charge in [-0.2, -0.15) is 0 Å². The van der Waals surface area contributed by atoms with Crippen molar-refractivity contribution in [3.8, 4) is 11.5 Å². The average molecular weight is 316 g/mol. The zero-order chi connectivity index (χ0) is 17.0. The van der Waals surface area contributed by atoms with Gasteiger partial charge in [0.05, 0.1) is 20.3 Å². The number of aromatic amines is 1. The smallest absolute Gasteiger partial charge is 0.268 e. The quantitative estimate of drug-likeness (QED) is 0.803. The molecule has 0 radical (unpaired) electrons. The van der Waals surface area contributed by atoms with E-state index >= 15 is 0 Å². The second-order valence-electron chi connectivity index (χ2n) is 5.16. The third-order valence-corrected chi connectivity index (χ3v) is 3.59. The van der Waals surface area contributed by atoms with Crippen LogP contribution in [-0.2, 0) is 0 Å². The normalized spacial score (nSPS) is 11.7. The van der Waals surface area contributed by atoms with Gasteiger partial charge in [0.2, 0.25) is 0 Å². The molecule has 0 aliphatic carbocycles. The molecule has 0 aliphatic rings. The number of aromatic nitrogens is 1. The van der Waals surface area contributed by atoms with Gasteiger partial charge in [-0.1, -0.05) is 0 Å². The molecule has 1 amide bonds. The third kappa shape index (κ3) is 3.71. The number of methoxy groups -OCH3 is 2. The number of ketones is 1. The van der Waals surface area contributed by atoms with Crippen molar-refractivity contribution < 1.29 is 19.1 Å². The molecule has 1 atom stereocenters. The fourth-order valence-corrected chi connectivity index (χ4v) is 2.26. The van der Waals surface area contributed by atoms with Crippen LogP contribution in [0.2, 0.25) is 0 Å². The first-order valence-corrected chi connectivity index (χ1v) is 7.18. The van der Waals surface area contributed by atoms with Crippen LogP contribution in [0.1, 0.15) is 46.3 Å². The van der Waals surface area contributed by atoms with E-state index in [9.17, 15) is 9.59 Å². The number of benzene rings is 1. The molecular formula is C17H20N2O4. The lowest BCUT2D eigenvalue weighted by atomic mass is 10.1. The molecule has 0 fully saturated rings. The Labute approximate surface area is 134 Å². The number of amides is 1. The van der Waals surface area contributed by atoms with E-state index in [1.54, 1.807) is 20.3 Å². The fraction of sp³-hybridized carbons (Fsp3) is 0.294. The summed E-state index contributed by atoms with van der Waals surface area (Å²) < 4.78 is 10.5.